The zero-order chi connectivity index (χ0) is 30.6. The Bertz CT molecular complexity index is 1380. The van der Waals surface area contributed by atoms with Crippen LogP contribution in [0.2, 0.25) is 0 Å². The SMILES string of the molecule is c1ccc([P+](NCCCCCN[P+](c2ccccc2)(c2ccccc2)c2ccccc2)(c2ccccc2)c2ccccc2)cc1. The van der Waals surface area contributed by atoms with E-state index in [1.165, 1.54) is 31.8 Å². The van der Waals surface area contributed by atoms with Crippen LogP contribution in [0.25, 0.3) is 0 Å². The highest BCUT2D eigenvalue weighted by Crippen LogP contribution is 2.52. The van der Waals surface area contributed by atoms with Gasteiger partial charge in [-0.15, -0.1) is 0 Å². The van der Waals surface area contributed by atoms with Crippen LogP contribution in [0, 0.1) is 0 Å². The molecule has 0 heterocycles. The Morgan fingerprint density at radius 2 is 0.467 bits per heavy atom. The van der Waals surface area contributed by atoms with Crippen molar-refractivity contribution >= 4 is 46.7 Å². The summed E-state index contributed by atoms with van der Waals surface area (Å²) in [5.74, 6) is 0. The van der Waals surface area contributed by atoms with Gasteiger partial charge in [0, 0.05) is 13.1 Å². The van der Waals surface area contributed by atoms with E-state index in [2.05, 4.69) is 192 Å². The molecule has 0 atom stereocenters. The molecule has 0 aromatic heterocycles. The molecule has 2 N–H and O–H groups in total. The van der Waals surface area contributed by atoms with E-state index in [-0.39, 0.29) is 0 Å². The van der Waals surface area contributed by atoms with E-state index in [1.807, 2.05) is 0 Å². The first kappa shape index (κ1) is 31.1. The highest BCUT2D eigenvalue weighted by Gasteiger charge is 2.46. The average Bonchev–Trinajstić information content (AvgIpc) is 3.13. The van der Waals surface area contributed by atoms with Crippen molar-refractivity contribution in [3.05, 3.63) is 182 Å². The predicted molar refractivity (Wildman–Crippen MR) is 200 cm³/mol. The smallest absolute Gasteiger partial charge is 0.178 e. The van der Waals surface area contributed by atoms with Gasteiger partial charge in [0.2, 0.25) is 0 Å². The first-order valence-electron chi connectivity index (χ1n) is 16.0. The second kappa shape index (κ2) is 15.4. The Morgan fingerprint density at radius 1 is 0.267 bits per heavy atom. The van der Waals surface area contributed by atoms with Gasteiger partial charge in [0.05, 0.1) is 0 Å². The van der Waals surface area contributed by atoms with Gasteiger partial charge >= 0.3 is 0 Å². The molecule has 0 radical (unpaired) electrons. The Labute approximate surface area is 270 Å². The minimum absolute atomic E-state index is 0.961. The molecule has 6 aromatic carbocycles. The summed E-state index contributed by atoms with van der Waals surface area (Å²) < 4.78 is 0. The summed E-state index contributed by atoms with van der Waals surface area (Å²) in [5, 5.41) is 16.5. The van der Waals surface area contributed by atoms with Crippen LogP contribution in [-0.4, -0.2) is 13.1 Å². The number of benzene rings is 6. The van der Waals surface area contributed by atoms with E-state index in [1.54, 1.807) is 0 Å². The van der Waals surface area contributed by atoms with Crippen molar-refractivity contribution in [1.29, 1.82) is 0 Å². The topological polar surface area (TPSA) is 24.1 Å². The Balaban J connectivity index is 1.19. The molecule has 0 bridgehead atoms. The minimum Gasteiger partial charge on any atom is -0.178 e. The first-order valence-corrected chi connectivity index (χ1v) is 19.5. The van der Waals surface area contributed by atoms with E-state index < -0.39 is 14.8 Å². The summed E-state index contributed by atoms with van der Waals surface area (Å²) in [6.45, 7) is 1.92. The zero-order valence-electron chi connectivity index (χ0n) is 25.8. The van der Waals surface area contributed by atoms with Crippen molar-refractivity contribution in [2.24, 2.45) is 0 Å². The summed E-state index contributed by atoms with van der Waals surface area (Å²) in [7, 11) is -4.03. The molecule has 0 aliphatic rings. The third-order valence-electron chi connectivity index (χ3n) is 8.41. The highest BCUT2D eigenvalue weighted by atomic mass is 31.2. The third-order valence-corrected chi connectivity index (χ3v) is 16.2. The van der Waals surface area contributed by atoms with Crippen LogP contribution < -0.4 is 42.0 Å². The molecular weight excluding hydrogens is 582 g/mol. The van der Waals surface area contributed by atoms with Crippen LogP contribution in [0.15, 0.2) is 182 Å². The molecule has 45 heavy (non-hydrogen) atoms. The largest absolute Gasteiger partial charge is 0.178 e. The van der Waals surface area contributed by atoms with Crippen molar-refractivity contribution in [2.45, 2.75) is 19.3 Å². The quantitative estimate of drug-likeness (QED) is 0.0994. The van der Waals surface area contributed by atoms with Crippen LogP contribution in [0.5, 0.6) is 0 Å². The molecule has 6 aromatic rings. The molecule has 0 aliphatic carbocycles. The van der Waals surface area contributed by atoms with Gasteiger partial charge in [-0.3, -0.25) is 0 Å². The maximum atomic E-state index is 4.16. The lowest BCUT2D eigenvalue weighted by molar-refractivity contribution is 0.665. The van der Waals surface area contributed by atoms with Gasteiger partial charge in [-0.2, -0.15) is 10.2 Å². The number of unbranched alkanes of at least 4 members (excludes halogenated alkanes) is 2. The molecule has 2 nitrogen and oxygen atoms in total. The minimum atomic E-state index is -2.02. The Hall–Kier alpha value is -3.90. The van der Waals surface area contributed by atoms with Gasteiger partial charge in [0.15, 0.2) is 14.8 Å². The summed E-state index contributed by atoms with van der Waals surface area (Å²) in [4.78, 5) is 0. The van der Waals surface area contributed by atoms with Crippen LogP contribution in [-0.2, 0) is 0 Å². The van der Waals surface area contributed by atoms with Crippen LogP contribution in [0.4, 0.5) is 0 Å². The van der Waals surface area contributed by atoms with Gasteiger partial charge < -0.3 is 0 Å². The second-order valence-corrected chi connectivity index (χ2v) is 17.6. The summed E-state index contributed by atoms with van der Waals surface area (Å²) in [6, 6.07) is 66.3. The number of nitrogens with one attached hydrogen (secondary N) is 2. The fourth-order valence-electron chi connectivity index (χ4n) is 6.27. The van der Waals surface area contributed by atoms with Crippen molar-refractivity contribution in [3.63, 3.8) is 0 Å². The maximum Gasteiger partial charge on any atom is 0.178 e. The number of hydrogen-bond donors (Lipinski definition) is 2. The monoisotopic (exact) mass is 624 g/mol. The van der Waals surface area contributed by atoms with Crippen molar-refractivity contribution in [3.8, 4) is 0 Å². The van der Waals surface area contributed by atoms with Gasteiger partial charge in [0.1, 0.15) is 31.8 Å². The number of rotatable bonds is 14. The third kappa shape index (κ3) is 6.86. The summed E-state index contributed by atoms with van der Waals surface area (Å²) in [6.07, 6.45) is 3.38. The Morgan fingerprint density at radius 3 is 0.667 bits per heavy atom. The van der Waals surface area contributed by atoms with Crippen LogP contribution in [0.1, 0.15) is 19.3 Å². The van der Waals surface area contributed by atoms with Crippen molar-refractivity contribution in [2.75, 3.05) is 13.1 Å². The molecule has 0 fully saturated rings. The molecule has 0 amide bonds. The summed E-state index contributed by atoms with van der Waals surface area (Å²) >= 11 is 0. The molecule has 0 saturated carbocycles. The van der Waals surface area contributed by atoms with E-state index in [0.717, 1.165) is 32.4 Å². The van der Waals surface area contributed by atoms with E-state index in [4.69, 9.17) is 0 Å². The average molecular weight is 625 g/mol. The lowest BCUT2D eigenvalue weighted by atomic mass is 10.2. The van der Waals surface area contributed by atoms with Gasteiger partial charge in [-0.1, -0.05) is 116 Å². The summed E-state index contributed by atoms with van der Waals surface area (Å²) in [5.41, 5.74) is 0. The van der Waals surface area contributed by atoms with Crippen LogP contribution >= 0.6 is 14.8 Å². The molecule has 0 saturated heterocycles. The van der Waals surface area contributed by atoms with Crippen molar-refractivity contribution in [1.82, 2.24) is 10.2 Å². The van der Waals surface area contributed by atoms with Gasteiger partial charge in [-0.05, 0) is 85.6 Å². The highest BCUT2D eigenvalue weighted by molar-refractivity contribution is 7.94. The fourth-order valence-corrected chi connectivity index (χ4v) is 13.9. The molecule has 0 unspecified atom stereocenters. The number of hydrogen-bond acceptors (Lipinski definition) is 2. The second-order valence-electron chi connectivity index (χ2n) is 11.2. The predicted octanol–water partition coefficient (Wildman–Crippen LogP) is 7.15. The standard InChI is InChI=1S/C41H42N2P2/c1-8-22-36(23-9-1)44(37-24-10-2-11-25-37,38-26-12-3-13-27-38)42-34-20-7-21-35-43-45(39-28-14-4-15-29-39,40-30-16-5-17-31-40)41-32-18-6-19-33-41/h1-6,8-19,22-33,42-43H,7,20-21,34-35H2/q+2. The van der Waals surface area contributed by atoms with Crippen LogP contribution in [0.3, 0.4) is 0 Å². The van der Waals surface area contributed by atoms with E-state index in [0.29, 0.717) is 0 Å². The molecule has 224 valence electrons. The van der Waals surface area contributed by atoms with E-state index in [9.17, 15) is 0 Å². The fraction of sp³-hybridized carbons (Fsp3) is 0.122. The van der Waals surface area contributed by atoms with Gasteiger partial charge in [-0.25, -0.2) is 0 Å². The maximum absolute atomic E-state index is 4.16. The molecular formula is C41H42N2P2+2. The lowest BCUT2D eigenvalue weighted by Crippen LogP contribution is -2.41. The zero-order valence-corrected chi connectivity index (χ0v) is 27.5. The molecule has 0 aliphatic heterocycles. The normalized spacial score (nSPS) is 11.7. The molecule has 0 spiro atoms. The lowest BCUT2D eigenvalue weighted by Gasteiger charge is -2.28. The van der Waals surface area contributed by atoms with Gasteiger partial charge in [0.25, 0.3) is 0 Å². The first-order chi connectivity index (χ1) is 22.3. The Kier molecular flexibility index (Phi) is 10.6. The van der Waals surface area contributed by atoms with Crippen molar-refractivity contribution < 1.29 is 0 Å². The van der Waals surface area contributed by atoms with E-state index >= 15 is 0 Å². The molecule has 4 heteroatoms. The molecule has 6 rings (SSSR count).